The van der Waals surface area contributed by atoms with Gasteiger partial charge < -0.3 is 0 Å². The smallest absolute Gasteiger partial charge is 0.0479 e. The molecule has 0 aromatic heterocycles. The van der Waals surface area contributed by atoms with Gasteiger partial charge in [-0.05, 0) is 89.4 Å². The molecule has 1 rings (SSSR count). The highest BCUT2D eigenvalue weighted by Crippen LogP contribution is 2.42. The Balaban J connectivity index is 3.19. The Kier molecular flexibility index (Phi) is 9.26. The zero-order valence-electron chi connectivity index (χ0n) is 9.51. The number of hydrogen-bond donors (Lipinski definition) is 0. The average Bonchev–Trinajstić information content (AvgIpc) is 2.37. The first-order valence-corrected chi connectivity index (χ1v) is 10.3. The van der Waals surface area contributed by atoms with Crippen LogP contribution in [-0.2, 0) is 0 Å². The molecule has 0 N–H and O–H groups in total. The molecule has 6 heteroatoms. The van der Waals surface area contributed by atoms with Crippen molar-refractivity contribution >= 4 is 95.6 Å². The van der Waals surface area contributed by atoms with Crippen LogP contribution in [0.2, 0.25) is 0 Å². The van der Waals surface area contributed by atoms with Crippen molar-refractivity contribution in [3.05, 3.63) is 26.9 Å². The minimum Gasteiger partial charge on any atom is -0.0544 e. The quantitative estimate of drug-likeness (QED) is 0.251. The number of rotatable bonds is 0. The van der Waals surface area contributed by atoms with Gasteiger partial charge in [0.15, 0.2) is 0 Å². The summed E-state index contributed by atoms with van der Waals surface area (Å²) in [5.41, 5.74) is 0. The molecule has 0 atom stereocenters. The van der Waals surface area contributed by atoms with Crippen molar-refractivity contribution in [3.8, 4) is 0 Å². The van der Waals surface area contributed by atoms with Gasteiger partial charge in [-0.1, -0.05) is 44.7 Å². The molecule has 1 aliphatic carbocycles. The van der Waals surface area contributed by atoms with E-state index in [0.29, 0.717) is 0 Å². The van der Waals surface area contributed by atoms with E-state index in [1.165, 1.54) is 34.6 Å². The summed E-state index contributed by atoms with van der Waals surface area (Å²) in [5.74, 6) is 0. The minimum atomic E-state index is 1.01. The standard InChI is InChI=1S/C12H12Br6/c13-7-5-3-1-2-4-6-8(14)10(16)12(18)11(17)9(7)15/h1-6H2/b9-7-,10-8-,12-11-. The highest BCUT2D eigenvalue weighted by atomic mass is 79.9. The zero-order valence-corrected chi connectivity index (χ0v) is 19.0. The Morgan fingerprint density at radius 3 is 1.11 bits per heavy atom. The maximum atomic E-state index is 3.65. The van der Waals surface area contributed by atoms with Crippen LogP contribution >= 0.6 is 95.6 Å². The molecule has 0 aliphatic heterocycles. The van der Waals surface area contributed by atoms with Gasteiger partial charge in [-0.25, -0.2) is 0 Å². The molecular formula is C12H12Br6. The lowest BCUT2D eigenvalue weighted by Gasteiger charge is -2.11. The summed E-state index contributed by atoms with van der Waals surface area (Å²) in [6.45, 7) is 0. The normalized spacial score (nSPS) is 33.0. The summed E-state index contributed by atoms with van der Waals surface area (Å²) < 4.78 is 6.54. The van der Waals surface area contributed by atoms with E-state index in [2.05, 4.69) is 95.6 Å². The second kappa shape index (κ2) is 9.19. The maximum Gasteiger partial charge on any atom is 0.0479 e. The lowest BCUT2D eigenvalue weighted by Crippen LogP contribution is -1.89. The number of hydrogen-bond acceptors (Lipinski definition) is 0. The summed E-state index contributed by atoms with van der Waals surface area (Å²) >= 11 is 21.8. The largest absolute Gasteiger partial charge is 0.0544 e. The summed E-state index contributed by atoms with van der Waals surface area (Å²) in [6, 6.07) is 0. The second-order valence-electron chi connectivity index (χ2n) is 3.98. The van der Waals surface area contributed by atoms with E-state index in [-0.39, 0.29) is 0 Å². The van der Waals surface area contributed by atoms with Gasteiger partial charge in [-0.2, -0.15) is 0 Å². The van der Waals surface area contributed by atoms with Crippen LogP contribution in [0.25, 0.3) is 0 Å². The van der Waals surface area contributed by atoms with Crippen molar-refractivity contribution < 1.29 is 0 Å². The van der Waals surface area contributed by atoms with Gasteiger partial charge in [-0.3, -0.25) is 0 Å². The first-order valence-electron chi connectivity index (χ1n) is 5.59. The van der Waals surface area contributed by atoms with Gasteiger partial charge >= 0.3 is 0 Å². The summed E-state index contributed by atoms with van der Waals surface area (Å²) in [7, 11) is 0. The van der Waals surface area contributed by atoms with Crippen LogP contribution in [0.4, 0.5) is 0 Å². The van der Waals surface area contributed by atoms with Gasteiger partial charge in [0.25, 0.3) is 0 Å². The van der Waals surface area contributed by atoms with E-state index in [4.69, 9.17) is 0 Å². The van der Waals surface area contributed by atoms with Crippen molar-refractivity contribution in [2.24, 2.45) is 0 Å². The second-order valence-corrected chi connectivity index (χ2v) is 9.07. The molecular weight excluding hydrogens is 624 g/mol. The molecule has 0 fully saturated rings. The molecule has 0 amide bonds. The molecule has 0 aromatic carbocycles. The molecule has 102 valence electrons. The van der Waals surface area contributed by atoms with Gasteiger partial charge in [0, 0.05) is 26.9 Å². The van der Waals surface area contributed by atoms with Crippen molar-refractivity contribution in [1.29, 1.82) is 0 Å². The van der Waals surface area contributed by atoms with Crippen LogP contribution in [0.3, 0.4) is 0 Å². The van der Waals surface area contributed by atoms with Gasteiger partial charge in [0.05, 0.1) is 0 Å². The SMILES string of the molecule is Br/C1=C(Br)/C(Br)=C(Br)\C(Br)=C(\Br)CCCCCC1. The Bertz CT molecular complexity index is 367. The third-order valence-corrected chi connectivity index (χ3v) is 10.2. The molecule has 1 aliphatic rings. The van der Waals surface area contributed by atoms with E-state index in [1.807, 2.05) is 0 Å². The summed E-state index contributed by atoms with van der Waals surface area (Å²) in [6.07, 6.45) is 7.12. The Morgan fingerprint density at radius 2 is 0.778 bits per heavy atom. The van der Waals surface area contributed by atoms with Crippen LogP contribution in [0, 0.1) is 0 Å². The molecule has 0 spiro atoms. The van der Waals surface area contributed by atoms with E-state index in [1.54, 1.807) is 0 Å². The average molecular weight is 636 g/mol. The van der Waals surface area contributed by atoms with E-state index >= 15 is 0 Å². The predicted molar refractivity (Wildman–Crippen MR) is 102 cm³/mol. The molecule has 0 nitrogen and oxygen atoms in total. The highest BCUT2D eigenvalue weighted by molar-refractivity contribution is 9.18. The molecule has 0 unspecified atom stereocenters. The Labute approximate surface area is 159 Å². The Hall–Kier alpha value is 2.10. The van der Waals surface area contributed by atoms with Crippen LogP contribution in [0.15, 0.2) is 26.9 Å². The van der Waals surface area contributed by atoms with E-state index < -0.39 is 0 Å². The third kappa shape index (κ3) is 5.47. The van der Waals surface area contributed by atoms with Gasteiger partial charge in [0.1, 0.15) is 0 Å². The van der Waals surface area contributed by atoms with Crippen molar-refractivity contribution in [2.75, 3.05) is 0 Å². The van der Waals surface area contributed by atoms with Crippen LogP contribution in [0.1, 0.15) is 38.5 Å². The van der Waals surface area contributed by atoms with Crippen LogP contribution < -0.4 is 0 Å². The fourth-order valence-corrected chi connectivity index (χ4v) is 5.25. The van der Waals surface area contributed by atoms with E-state index in [9.17, 15) is 0 Å². The fraction of sp³-hybridized carbons (Fsp3) is 0.500. The summed E-state index contributed by atoms with van der Waals surface area (Å²) in [5, 5.41) is 0. The monoisotopic (exact) mass is 630 g/mol. The topological polar surface area (TPSA) is 0 Å². The Morgan fingerprint density at radius 1 is 0.444 bits per heavy atom. The first kappa shape index (κ1) is 18.1. The molecule has 0 saturated heterocycles. The lowest BCUT2D eigenvalue weighted by molar-refractivity contribution is 0.649. The molecule has 0 bridgehead atoms. The molecule has 18 heavy (non-hydrogen) atoms. The van der Waals surface area contributed by atoms with Gasteiger partial charge in [0.2, 0.25) is 0 Å². The van der Waals surface area contributed by atoms with Crippen molar-refractivity contribution in [2.45, 2.75) is 38.5 Å². The maximum absolute atomic E-state index is 3.65. The third-order valence-electron chi connectivity index (χ3n) is 2.60. The first-order chi connectivity index (χ1) is 8.45. The molecule has 0 radical (unpaired) electrons. The zero-order chi connectivity index (χ0) is 13.7. The molecule has 0 saturated carbocycles. The number of halogens is 6. The summed E-state index contributed by atoms with van der Waals surface area (Å²) in [4.78, 5) is 0. The lowest BCUT2D eigenvalue weighted by atomic mass is 10.1. The number of allylic oxidation sites excluding steroid dienone is 6. The van der Waals surface area contributed by atoms with Gasteiger partial charge in [-0.15, -0.1) is 0 Å². The predicted octanol–water partition coefficient (Wildman–Crippen LogP) is 8.34. The molecule has 0 heterocycles. The van der Waals surface area contributed by atoms with Crippen LogP contribution in [0.5, 0.6) is 0 Å². The van der Waals surface area contributed by atoms with Crippen molar-refractivity contribution in [3.63, 3.8) is 0 Å². The van der Waals surface area contributed by atoms with E-state index in [0.717, 1.165) is 30.8 Å². The minimum absolute atomic E-state index is 1.01. The van der Waals surface area contributed by atoms with Crippen LogP contribution in [-0.4, -0.2) is 0 Å². The molecule has 0 aromatic rings. The van der Waals surface area contributed by atoms with Crippen molar-refractivity contribution in [1.82, 2.24) is 0 Å². The highest BCUT2D eigenvalue weighted by Gasteiger charge is 2.14. The fourth-order valence-electron chi connectivity index (χ4n) is 1.56.